The molecule has 0 radical (unpaired) electrons. The zero-order chi connectivity index (χ0) is 11.0. The lowest BCUT2D eigenvalue weighted by Crippen LogP contribution is -2.53. The Morgan fingerprint density at radius 2 is 2.38 bits per heavy atom. The maximum Gasteiger partial charge on any atom is 0.0343 e. The molecule has 3 rings (SSSR count). The predicted octanol–water partition coefficient (Wildman–Crippen LogP) is 2.49. The van der Waals surface area contributed by atoms with Crippen LogP contribution < -0.4 is 5.32 Å². The van der Waals surface area contributed by atoms with E-state index in [-0.39, 0.29) is 0 Å². The molecule has 0 amide bonds. The van der Waals surface area contributed by atoms with Crippen LogP contribution in [0.15, 0.2) is 31.1 Å². The van der Waals surface area contributed by atoms with Crippen LogP contribution >= 0.6 is 0 Å². The van der Waals surface area contributed by atoms with E-state index < -0.39 is 0 Å². The summed E-state index contributed by atoms with van der Waals surface area (Å²) in [7, 11) is 0. The summed E-state index contributed by atoms with van der Waals surface area (Å²) in [5.74, 6) is 0.874. The molecule has 0 spiro atoms. The third-order valence-electron chi connectivity index (χ3n) is 3.68. The highest BCUT2D eigenvalue weighted by Gasteiger charge is 2.32. The molecule has 2 heterocycles. The van der Waals surface area contributed by atoms with Crippen molar-refractivity contribution in [2.45, 2.75) is 18.9 Å². The number of pyridine rings is 1. The number of hydrogen-bond donors (Lipinski definition) is 1. The Kier molecular flexibility index (Phi) is 2.37. The summed E-state index contributed by atoms with van der Waals surface area (Å²) in [4.78, 5) is 4.26. The summed E-state index contributed by atoms with van der Waals surface area (Å²) in [6.45, 7) is 4.98. The van der Waals surface area contributed by atoms with Crippen molar-refractivity contribution in [3.8, 4) is 0 Å². The zero-order valence-electron chi connectivity index (χ0n) is 9.32. The molecule has 2 aliphatic rings. The molecule has 2 nitrogen and oxygen atoms in total. The van der Waals surface area contributed by atoms with Gasteiger partial charge in [0.05, 0.1) is 0 Å². The number of nitrogens with one attached hydrogen (secondary N) is 1. The van der Waals surface area contributed by atoms with Gasteiger partial charge < -0.3 is 5.32 Å². The van der Waals surface area contributed by atoms with Crippen LogP contribution in [0.25, 0.3) is 11.6 Å². The fourth-order valence-corrected chi connectivity index (χ4v) is 2.53. The van der Waals surface area contributed by atoms with Crippen LogP contribution in [0.2, 0.25) is 0 Å². The van der Waals surface area contributed by atoms with E-state index in [0.717, 1.165) is 17.9 Å². The number of fused-ring (bicyclic) bond motifs is 1. The molecule has 82 valence electrons. The fraction of sp³-hybridized carbons (Fsp3) is 0.357. The highest BCUT2D eigenvalue weighted by molar-refractivity contribution is 5.68. The van der Waals surface area contributed by atoms with E-state index >= 15 is 0 Å². The average molecular weight is 212 g/mol. The van der Waals surface area contributed by atoms with E-state index in [9.17, 15) is 0 Å². The molecule has 0 saturated carbocycles. The van der Waals surface area contributed by atoms with Crippen molar-refractivity contribution >= 4 is 11.6 Å². The third-order valence-corrected chi connectivity index (χ3v) is 3.68. The first-order valence-corrected chi connectivity index (χ1v) is 5.87. The fourth-order valence-electron chi connectivity index (χ4n) is 2.53. The zero-order valence-corrected chi connectivity index (χ0v) is 9.32. The van der Waals surface area contributed by atoms with Gasteiger partial charge in [-0.15, -0.1) is 0 Å². The predicted molar refractivity (Wildman–Crippen MR) is 66.8 cm³/mol. The van der Waals surface area contributed by atoms with Gasteiger partial charge in [0, 0.05) is 25.0 Å². The van der Waals surface area contributed by atoms with Crippen molar-refractivity contribution in [2.75, 3.05) is 6.54 Å². The van der Waals surface area contributed by atoms with Crippen molar-refractivity contribution in [2.24, 2.45) is 5.92 Å². The van der Waals surface area contributed by atoms with Gasteiger partial charge in [-0.25, -0.2) is 0 Å². The van der Waals surface area contributed by atoms with Gasteiger partial charge in [-0.2, -0.15) is 0 Å². The molecule has 1 N–H and O–H groups in total. The monoisotopic (exact) mass is 212 g/mol. The molecular formula is C14H16N2. The van der Waals surface area contributed by atoms with Gasteiger partial charge in [0.15, 0.2) is 0 Å². The molecule has 1 aromatic heterocycles. The van der Waals surface area contributed by atoms with Crippen molar-refractivity contribution < 1.29 is 0 Å². The Bertz CT molecular complexity index is 448. The van der Waals surface area contributed by atoms with Crippen LogP contribution in [-0.2, 0) is 0 Å². The molecule has 2 atom stereocenters. The first-order valence-electron chi connectivity index (χ1n) is 5.87. The molecule has 0 aromatic carbocycles. The smallest absolute Gasteiger partial charge is 0.0343 e. The molecule has 1 aliphatic carbocycles. The van der Waals surface area contributed by atoms with Gasteiger partial charge in [-0.05, 0) is 41.5 Å². The Labute approximate surface area is 96.1 Å². The number of hydrogen-bond acceptors (Lipinski definition) is 2. The van der Waals surface area contributed by atoms with E-state index in [1.807, 2.05) is 18.5 Å². The lowest BCUT2D eigenvalue weighted by molar-refractivity contribution is 0.231. The minimum atomic E-state index is 0.701. The first-order chi connectivity index (χ1) is 7.86. The van der Waals surface area contributed by atoms with Crippen molar-refractivity contribution in [3.63, 3.8) is 0 Å². The SMILES string of the molecule is C=Cc1cncc(C2=CCC3CNC3C2)c1. The van der Waals surface area contributed by atoms with Crippen LogP contribution in [0.3, 0.4) is 0 Å². The largest absolute Gasteiger partial charge is 0.313 e. The Morgan fingerprint density at radius 3 is 3.06 bits per heavy atom. The number of aromatic nitrogens is 1. The van der Waals surface area contributed by atoms with E-state index in [2.05, 4.69) is 29.0 Å². The number of rotatable bonds is 2. The molecule has 2 heteroatoms. The minimum absolute atomic E-state index is 0.701. The Hall–Kier alpha value is -1.41. The maximum atomic E-state index is 4.26. The lowest BCUT2D eigenvalue weighted by Gasteiger charge is -2.41. The lowest BCUT2D eigenvalue weighted by atomic mass is 9.78. The van der Waals surface area contributed by atoms with Crippen LogP contribution in [0.5, 0.6) is 0 Å². The van der Waals surface area contributed by atoms with Crippen LogP contribution in [0, 0.1) is 5.92 Å². The van der Waals surface area contributed by atoms with Gasteiger partial charge in [-0.3, -0.25) is 4.98 Å². The maximum absolute atomic E-state index is 4.26. The van der Waals surface area contributed by atoms with E-state index in [1.54, 1.807) is 0 Å². The summed E-state index contributed by atoms with van der Waals surface area (Å²) in [6.07, 6.45) is 10.4. The van der Waals surface area contributed by atoms with E-state index in [1.165, 1.54) is 24.1 Å². The molecule has 1 fully saturated rings. The summed E-state index contributed by atoms with van der Waals surface area (Å²) < 4.78 is 0. The van der Waals surface area contributed by atoms with Crippen LogP contribution in [-0.4, -0.2) is 17.6 Å². The normalized spacial score (nSPS) is 27.6. The second kappa shape index (κ2) is 3.87. The number of allylic oxidation sites excluding steroid dienone is 1. The summed E-state index contributed by atoms with van der Waals surface area (Å²) in [5.41, 5.74) is 3.79. The quantitative estimate of drug-likeness (QED) is 0.814. The molecular weight excluding hydrogens is 196 g/mol. The molecule has 1 saturated heterocycles. The second-order valence-corrected chi connectivity index (χ2v) is 4.66. The van der Waals surface area contributed by atoms with Crippen LogP contribution in [0.1, 0.15) is 24.0 Å². The third kappa shape index (κ3) is 1.59. The molecule has 1 aliphatic heterocycles. The Balaban J connectivity index is 1.88. The van der Waals surface area contributed by atoms with Crippen molar-refractivity contribution in [3.05, 3.63) is 42.2 Å². The van der Waals surface area contributed by atoms with Crippen molar-refractivity contribution in [1.82, 2.24) is 10.3 Å². The summed E-state index contributed by atoms with van der Waals surface area (Å²) in [5, 5.41) is 3.49. The topological polar surface area (TPSA) is 24.9 Å². The van der Waals surface area contributed by atoms with E-state index in [0.29, 0.717) is 6.04 Å². The number of nitrogens with zero attached hydrogens (tertiary/aromatic N) is 1. The molecule has 2 unspecified atom stereocenters. The van der Waals surface area contributed by atoms with Gasteiger partial charge in [0.1, 0.15) is 0 Å². The van der Waals surface area contributed by atoms with Gasteiger partial charge in [0.25, 0.3) is 0 Å². The highest BCUT2D eigenvalue weighted by atomic mass is 15.0. The van der Waals surface area contributed by atoms with Gasteiger partial charge in [-0.1, -0.05) is 18.7 Å². The van der Waals surface area contributed by atoms with E-state index in [4.69, 9.17) is 0 Å². The standard InChI is InChI=1S/C14H16N2/c1-2-10-5-13(8-15-7-10)11-3-4-12-9-16-14(12)6-11/h2-3,5,7-8,12,14,16H,1,4,6,9H2. The highest BCUT2D eigenvalue weighted by Crippen LogP contribution is 2.34. The van der Waals surface area contributed by atoms with Crippen LogP contribution in [0.4, 0.5) is 0 Å². The summed E-state index contributed by atoms with van der Waals surface area (Å²) >= 11 is 0. The first kappa shape index (κ1) is 9.79. The van der Waals surface area contributed by atoms with Crippen molar-refractivity contribution in [1.29, 1.82) is 0 Å². The summed E-state index contributed by atoms with van der Waals surface area (Å²) in [6, 6.07) is 2.87. The molecule has 1 aromatic rings. The minimum Gasteiger partial charge on any atom is -0.313 e. The van der Waals surface area contributed by atoms with Gasteiger partial charge in [0.2, 0.25) is 0 Å². The second-order valence-electron chi connectivity index (χ2n) is 4.66. The average Bonchev–Trinajstić information content (AvgIpc) is 2.31. The molecule has 0 bridgehead atoms. The molecule has 16 heavy (non-hydrogen) atoms. The van der Waals surface area contributed by atoms with Gasteiger partial charge >= 0.3 is 0 Å². The Morgan fingerprint density at radius 1 is 1.44 bits per heavy atom.